The van der Waals surface area contributed by atoms with E-state index in [-0.39, 0.29) is 5.78 Å². The van der Waals surface area contributed by atoms with Crippen molar-refractivity contribution in [1.29, 1.82) is 0 Å². The smallest absolute Gasteiger partial charge is 0.338 e. The van der Waals surface area contributed by atoms with Gasteiger partial charge >= 0.3 is 5.97 Å². The molecule has 1 aromatic heterocycles. The van der Waals surface area contributed by atoms with Crippen molar-refractivity contribution < 1.29 is 19.1 Å². The van der Waals surface area contributed by atoms with E-state index in [1.54, 1.807) is 36.4 Å². The monoisotopic (exact) mass is 404 g/mol. The SMILES string of the molecule is CC(=O)c1ccc(NC(=O)[C@@H](C)OC(=O)c2ccc(-n3c(C)ccc3C)cc2)cc1. The molecule has 154 valence electrons. The first kappa shape index (κ1) is 21.0. The highest BCUT2D eigenvalue weighted by molar-refractivity contribution is 5.98. The Hall–Kier alpha value is -3.67. The summed E-state index contributed by atoms with van der Waals surface area (Å²) in [4.78, 5) is 36.1. The number of aryl methyl sites for hydroxylation is 2. The number of ketones is 1. The predicted molar refractivity (Wildman–Crippen MR) is 115 cm³/mol. The van der Waals surface area contributed by atoms with Crippen LogP contribution in [0.2, 0.25) is 0 Å². The molecule has 0 bridgehead atoms. The first-order chi connectivity index (χ1) is 14.3. The van der Waals surface area contributed by atoms with Gasteiger partial charge in [0.15, 0.2) is 11.9 Å². The maximum Gasteiger partial charge on any atom is 0.338 e. The van der Waals surface area contributed by atoms with Crippen molar-refractivity contribution in [3.05, 3.63) is 83.2 Å². The third kappa shape index (κ3) is 4.66. The fourth-order valence-corrected chi connectivity index (χ4v) is 3.14. The number of carbonyl (C=O) groups excluding carboxylic acids is 3. The van der Waals surface area contributed by atoms with Gasteiger partial charge in [0, 0.05) is 28.3 Å². The molecule has 3 aromatic rings. The molecule has 6 nitrogen and oxygen atoms in total. The molecular weight excluding hydrogens is 380 g/mol. The van der Waals surface area contributed by atoms with Crippen LogP contribution in [0.15, 0.2) is 60.7 Å². The minimum absolute atomic E-state index is 0.0525. The minimum atomic E-state index is -0.974. The number of aromatic nitrogens is 1. The lowest BCUT2D eigenvalue weighted by Gasteiger charge is -2.14. The molecule has 0 unspecified atom stereocenters. The van der Waals surface area contributed by atoms with Crippen LogP contribution in [0.25, 0.3) is 5.69 Å². The van der Waals surface area contributed by atoms with E-state index < -0.39 is 18.0 Å². The highest BCUT2D eigenvalue weighted by Crippen LogP contribution is 2.18. The van der Waals surface area contributed by atoms with E-state index in [9.17, 15) is 14.4 Å². The Labute approximate surface area is 175 Å². The maximum atomic E-state index is 12.4. The molecule has 0 aliphatic heterocycles. The average molecular weight is 404 g/mol. The summed E-state index contributed by atoms with van der Waals surface area (Å²) in [6.45, 7) is 7.02. The summed E-state index contributed by atoms with van der Waals surface area (Å²) in [6.07, 6.45) is -0.974. The van der Waals surface area contributed by atoms with Gasteiger partial charge in [0.2, 0.25) is 0 Å². The van der Waals surface area contributed by atoms with Crippen LogP contribution < -0.4 is 5.32 Å². The number of hydrogen-bond acceptors (Lipinski definition) is 4. The highest BCUT2D eigenvalue weighted by Gasteiger charge is 2.19. The molecule has 1 atom stereocenters. The second-order valence-electron chi connectivity index (χ2n) is 7.17. The van der Waals surface area contributed by atoms with Crippen LogP contribution >= 0.6 is 0 Å². The second kappa shape index (κ2) is 8.78. The van der Waals surface area contributed by atoms with Gasteiger partial charge in [-0.3, -0.25) is 9.59 Å². The molecule has 0 spiro atoms. The van der Waals surface area contributed by atoms with E-state index >= 15 is 0 Å². The number of ether oxygens (including phenoxy) is 1. The molecule has 1 amide bonds. The molecule has 0 aliphatic carbocycles. The molecule has 2 aromatic carbocycles. The fraction of sp³-hybridized carbons (Fsp3) is 0.208. The number of esters is 1. The van der Waals surface area contributed by atoms with Crippen molar-refractivity contribution in [2.75, 3.05) is 5.32 Å². The van der Waals surface area contributed by atoms with Crippen LogP contribution in [0.3, 0.4) is 0 Å². The number of carbonyl (C=O) groups is 3. The summed E-state index contributed by atoms with van der Waals surface area (Å²) in [6, 6.07) is 17.6. The molecular formula is C24H24N2O4. The molecule has 0 radical (unpaired) electrons. The number of nitrogens with zero attached hydrogens (tertiary/aromatic N) is 1. The Bertz CT molecular complexity index is 1060. The molecule has 0 saturated carbocycles. The van der Waals surface area contributed by atoms with Gasteiger partial charge in [-0.2, -0.15) is 0 Å². The molecule has 3 rings (SSSR count). The van der Waals surface area contributed by atoms with E-state index in [0.717, 1.165) is 17.1 Å². The highest BCUT2D eigenvalue weighted by atomic mass is 16.5. The van der Waals surface area contributed by atoms with Gasteiger partial charge in [-0.25, -0.2) is 4.79 Å². The summed E-state index contributed by atoms with van der Waals surface area (Å²) in [5, 5.41) is 2.67. The van der Waals surface area contributed by atoms with E-state index in [1.807, 2.05) is 38.1 Å². The van der Waals surface area contributed by atoms with E-state index in [2.05, 4.69) is 9.88 Å². The van der Waals surface area contributed by atoms with E-state index in [4.69, 9.17) is 4.74 Å². The van der Waals surface area contributed by atoms with Crippen LogP contribution in [-0.4, -0.2) is 28.3 Å². The summed E-state index contributed by atoms with van der Waals surface area (Å²) < 4.78 is 7.38. The molecule has 0 saturated heterocycles. The summed E-state index contributed by atoms with van der Waals surface area (Å²) >= 11 is 0. The summed E-state index contributed by atoms with van der Waals surface area (Å²) in [7, 11) is 0. The van der Waals surface area contributed by atoms with Gasteiger partial charge < -0.3 is 14.6 Å². The van der Waals surface area contributed by atoms with Gasteiger partial charge in [-0.1, -0.05) is 0 Å². The van der Waals surface area contributed by atoms with Crippen molar-refractivity contribution in [3.8, 4) is 5.69 Å². The lowest BCUT2D eigenvalue weighted by Crippen LogP contribution is -2.30. The zero-order chi connectivity index (χ0) is 21.8. The van der Waals surface area contributed by atoms with Gasteiger partial charge in [-0.15, -0.1) is 0 Å². The summed E-state index contributed by atoms with van der Waals surface area (Å²) in [5.41, 5.74) is 4.60. The number of hydrogen-bond donors (Lipinski definition) is 1. The van der Waals surface area contributed by atoms with Gasteiger partial charge in [0.05, 0.1) is 5.56 Å². The summed E-state index contributed by atoms with van der Waals surface area (Å²) in [5.74, 6) is -1.07. The quantitative estimate of drug-likeness (QED) is 0.485. The fourth-order valence-electron chi connectivity index (χ4n) is 3.14. The molecule has 0 aliphatic rings. The topological polar surface area (TPSA) is 77.4 Å². The van der Waals surface area contributed by atoms with Gasteiger partial charge in [-0.05, 0) is 88.4 Å². The van der Waals surface area contributed by atoms with E-state index in [1.165, 1.54) is 13.8 Å². The van der Waals surface area contributed by atoms with Crippen molar-refractivity contribution in [3.63, 3.8) is 0 Å². The van der Waals surface area contributed by atoms with Crippen LogP contribution in [-0.2, 0) is 9.53 Å². The van der Waals surface area contributed by atoms with Crippen LogP contribution in [0.5, 0.6) is 0 Å². The zero-order valence-electron chi connectivity index (χ0n) is 17.4. The van der Waals surface area contributed by atoms with Crippen molar-refractivity contribution in [1.82, 2.24) is 4.57 Å². The number of Topliss-reactive ketones (excluding diaryl/α,β-unsaturated/α-hetero) is 1. The number of benzene rings is 2. The van der Waals surface area contributed by atoms with Crippen LogP contribution in [0.1, 0.15) is 46.0 Å². The third-order valence-corrected chi connectivity index (χ3v) is 4.84. The standard InChI is InChI=1S/C24H24N2O4/c1-15-5-6-16(2)26(15)22-13-9-20(10-14-22)24(29)30-18(4)23(28)25-21-11-7-19(8-12-21)17(3)27/h5-14,18H,1-4H3,(H,25,28)/t18-/m1/s1. The largest absolute Gasteiger partial charge is 0.449 e. The lowest BCUT2D eigenvalue weighted by molar-refractivity contribution is -0.123. The predicted octanol–water partition coefficient (Wildman–Crippen LogP) is 4.48. The van der Waals surface area contributed by atoms with Gasteiger partial charge in [0.1, 0.15) is 0 Å². The molecule has 1 N–H and O–H groups in total. The second-order valence-corrected chi connectivity index (χ2v) is 7.17. The number of amides is 1. The number of nitrogens with one attached hydrogen (secondary N) is 1. The maximum absolute atomic E-state index is 12.4. The zero-order valence-corrected chi connectivity index (χ0v) is 17.4. The van der Waals surface area contributed by atoms with Gasteiger partial charge in [0.25, 0.3) is 5.91 Å². The Balaban J connectivity index is 1.62. The van der Waals surface area contributed by atoms with Crippen LogP contribution in [0, 0.1) is 13.8 Å². The van der Waals surface area contributed by atoms with Crippen molar-refractivity contribution in [2.45, 2.75) is 33.8 Å². The first-order valence-electron chi connectivity index (χ1n) is 9.64. The molecule has 0 fully saturated rings. The Morgan fingerprint density at radius 2 is 1.37 bits per heavy atom. The normalized spacial score (nSPS) is 11.6. The average Bonchev–Trinajstić information content (AvgIpc) is 3.06. The molecule has 30 heavy (non-hydrogen) atoms. The minimum Gasteiger partial charge on any atom is -0.449 e. The molecule has 6 heteroatoms. The first-order valence-corrected chi connectivity index (χ1v) is 9.64. The Morgan fingerprint density at radius 3 is 1.90 bits per heavy atom. The number of rotatable bonds is 6. The van der Waals surface area contributed by atoms with Crippen molar-refractivity contribution in [2.24, 2.45) is 0 Å². The van der Waals surface area contributed by atoms with Crippen molar-refractivity contribution >= 4 is 23.3 Å². The Morgan fingerprint density at radius 1 is 0.833 bits per heavy atom. The third-order valence-electron chi connectivity index (χ3n) is 4.84. The van der Waals surface area contributed by atoms with Crippen LogP contribution in [0.4, 0.5) is 5.69 Å². The molecule has 1 heterocycles. The van der Waals surface area contributed by atoms with E-state index in [0.29, 0.717) is 16.8 Å². The lowest BCUT2D eigenvalue weighted by atomic mass is 10.1. The Kier molecular flexibility index (Phi) is 6.16. The number of anilines is 1.